The van der Waals surface area contributed by atoms with Gasteiger partial charge in [-0.05, 0) is 18.2 Å². The van der Waals surface area contributed by atoms with Crippen LogP contribution in [0.25, 0.3) is 21.8 Å². The van der Waals surface area contributed by atoms with E-state index in [1.54, 1.807) is 19.2 Å². The first-order chi connectivity index (χ1) is 16.6. The number of aromatic nitrogens is 1. The molecule has 8 heteroatoms. The molecule has 1 N–H and O–H groups in total. The summed E-state index contributed by atoms with van der Waals surface area (Å²) in [5.41, 5.74) is 2.17. The zero-order valence-electron chi connectivity index (χ0n) is 18.9. The maximum Gasteiger partial charge on any atom is 0.162 e. The van der Waals surface area contributed by atoms with Gasteiger partial charge in [0.2, 0.25) is 0 Å². The Balaban J connectivity index is 1.18. The third-order valence-electron chi connectivity index (χ3n) is 6.01. The number of methoxy groups -OCH3 is 1. The molecule has 5 rings (SSSR count). The predicted octanol–water partition coefficient (Wildman–Crippen LogP) is 5.80. The zero-order valence-corrected chi connectivity index (χ0v) is 20.4. The number of H-pyrrole nitrogens is 1. The second-order valence-electron chi connectivity index (χ2n) is 8.22. The first kappa shape index (κ1) is 23.1. The highest BCUT2D eigenvalue weighted by Gasteiger charge is 2.22. The molecule has 0 bridgehead atoms. The summed E-state index contributed by atoms with van der Waals surface area (Å²) in [5.74, 6) is 2.01. The van der Waals surface area contributed by atoms with Crippen LogP contribution in [-0.4, -0.2) is 62.6 Å². The number of benzene rings is 3. The maximum atomic E-state index is 6.26. The number of rotatable bonds is 8. The Labute approximate surface area is 208 Å². The third kappa shape index (κ3) is 4.91. The monoisotopic (exact) mass is 500 g/mol. The van der Waals surface area contributed by atoms with Crippen molar-refractivity contribution in [2.75, 3.05) is 46.6 Å². The van der Waals surface area contributed by atoms with E-state index in [1.807, 2.05) is 24.3 Å². The van der Waals surface area contributed by atoms with E-state index >= 15 is 0 Å². The molecule has 4 aromatic rings. The molecular formula is C26H26Cl2N2O4. The summed E-state index contributed by atoms with van der Waals surface area (Å²) in [5, 5.41) is 3.14. The largest absolute Gasteiger partial charge is 0.493 e. The Morgan fingerprint density at radius 1 is 0.971 bits per heavy atom. The van der Waals surface area contributed by atoms with Crippen LogP contribution >= 0.6 is 23.2 Å². The van der Waals surface area contributed by atoms with Crippen molar-refractivity contribution in [3.63, 3.8) is 0 Å². The van der Waals surface area contributed by atoms with Gasteiger partial charge in [-0.3, -0.25) is 4.90 Å². The van der Waals surface area contributed by atoms with Crippen molar-refractivity contribution in [1.29, 1.82) is 0 Å². The lowest BCUT2D eigenvalue weighted by Crippen LogP contribution is -2.46. The molecule has 0 amide bonds. The van der Waals surface area contributed by atoms with Crippen molar-refractivity contribution in [3.05, 3.63) is 64.6 Å². The van der Waals surface area contributed by atoms with E-state index in [0.29, 0.717) is 41.4 Å². The average molecular weight is 501 g/mol. The number of hydrogen-bond donors (Lipinski definition) is 1. The number of fused-ring (bicyclic) bond motifs is 3. The Morgan fingerprint density at radius 3 is 2.62 bits per heavy atom. The fourth-order valence-corrected chi connectivity index (χ4v) is 4.63. The van der Waals surface area contributed by atoms with Gasteiger partial charge in [-0.2, -0.15) is 0 Å². The lowest BCUT2D eigenvalue weighted by Gasteiger charge is -2.32. The summed E-state index contributed by atoms with van der Waals surface area (Å²) in [6.07, 6.45) is -0.0197. The van der Waals surface area contributed by atoms with Crippen LogP contribution < -0.4 is 14.2 Å². The highest BCUT2D eigenvalue weighted by molar-refractivity contribution is 6.42. The van der Waals surface area contributed by atoms with Crippen LogP contribution in [-0.2, 0) is 4.74 Å². The molecule has 6 nitrogen and oxygen atoms in total. The minimum Gasteiger partial charge on any atom is -0.493 e. The second kappa shape index (κ2) is 10.3. The van der Waals surface area contributed by atoms with Crippen LogP contribution in [0, 0.1) is 0 Å². The molecule has 1 saturated heterocycles. The van der Waals surface area contributed by atoms with E-state index in [1.165, 1.54) is 0 Å². The number of nitrogens with zero attached hydrogens (tertiary/aromatic N) is 1. The van der Waals surface area contributed by atoms with Crippen LogP contribution in [0.5, 0.6) is 17.2 Å². The summed E-state index contributed by atoms with van der Waals surface area (Å²) >= 11 is 12.2. The van der Waals surface area contributed by atoms with E-state index in [0.717, 1.165) is 47.2 Å². The van der Waals surface area contributed by atoms with Crippen molar-refractivity contribution in [3.8, 4) is 17.2 Å². The van der Waals surface area contributed by atoms with Crippen molar-refractivity contribution >= 4 is 45.0 Å². The number of nitrogens with one attached hydrogen (secondary N) is 1. The van der Waals surface area contributed by atoms with E-state index in [4.69, 9.17) is 42.1 Å². The molecule has 1 aliphatic heterocycles. The Kier molecular flexibility index (Phi) is 7.02. The van der Waals surface area contributed by atoms with Crippen LogP contribution in [0.15, 0.2) is 54.6 Å². The van der Waals surface area contributed by atoms with Gasteiger partial charge >= 0.3 is 0 Å². The van der Waals surface area contributed by atoms with Crippen molar-refractivity contribution in [1.82, 2.24) is 9.88 Å². The van der Waals surface area contributed by atoms with Crippen LogP contribution in [0.4, 0.5) is 0 Å². The molecule has 2 heterocycles. The number of halogens is 2. The standard InChI is InChI=1S/C26H26Cl2N2O4/c1-31-24-13-19(27)20(28)14-25(24)33-12-10-30-9-11-32-17(15-30)16-34-23-8-4-7-22-26(23)18-5-2-3-6-21(18)29-22/h2-8,13-14,17,29H,9-12,15-16H2,1H3. The maximum absolute atomic E-state index is 6.26. The topological polar surface area (TPSA) is 56.0 Å². The minimum atomic E-state index is -0.0197. The summed E-state index contributed by atoms with van der Waals surface area (Å²) in [4.78, 5) is 5.77. The van der Waals surface area contributed by atoms with Crippen molar-refractivity contribution in [2.24, 2.45) is 0 Å². The molecule has 1 atom stereocenters. The Morgan fingerprint density at radius 2 is 1.76 bits per heavy atom. The molecule has 0 saturated carbocycles. The minimum absolute atomic E-state index is 0.0197. The fourth-order valence-electron chi connectivity index (χ4n) is 4.32. The number of ether oxygens (including phenoxy) is 4. The van der Waals surface area contributed by atoms with E-state index in [9.17, 15) is 0 Å². The summed E-state index contributed by atoms with van der Waals surface area (Å²) in [7, 11) is 1.58. The van der Waals surface area contributed by atoms with Crippen molar-refractivity contribution in [2.45, 2.75) is 6.10 Å². The lowest BCUT2D eigenvalue weighted by atomic mass is 10.1. The molecule has 3 aromatic carbocycles. The lowest BCUT2D eigenvalue weighted by molar-refractivity contribution is -0.0499. The SMILES string of the molecule is COc1cc(Cl)c(Cl)cc1OCCN1CCOC(COc2cccc3[nH]c4ccccc4c23)C1. The number of aromatic amines is 1. The first-order valence-electron chi connectivity index (χ1n) is 11.2. The quantitative estimate of drug-likeness (QED) is 0.331. The van der Waals surface area contributed by atoms with E-state index in [2.05, 4.69) is 28.1 Å². The zero-order chi connectivity index (χ0) is 23.5. The molecule has 1 aromatic heterocycles. The molecule has 1 aliphatic rings. The first-order valence-corrected chi connectivity index (χ1v) is 12.0. The Bertz CT molecular complexity index is 1290. The normalized spacial score (nSPS) is 16.7. The van der Waals surface area contributed by atoms with Crippen LogP contribution in [0.3, 0.4) is 0 Å². The van der Waals surface area contributed by atoms with Gasteiger partial charge in [0.15, 0.2) is 11.5 Å². The Hall–Kier alpha value is -2.64. The van der Waals surface area contributed by atoms with Gasteiger partial charge in [-0.25, -0.2) is 0 Å². The second-order valence-corrected chi connectivity index (χ2v) is 9.03. The van der Waals surface area contributed by atoms with Crippen LogP contribution in [0.1, 0.15) is 0 Å². The number of hydrogen-bond acceptors (Lipinski definition) is 5. The van der Waals surface area contributed by atoms with Crippen LogP contribution in [0.2, 0.25) is 10.0 Å². The molecule has 1 fully saturated rings. The summed E-state index contributed by atoms with van der Waals surface area (Å²) in [6, 6.07) is 17.7. The predicted molar refractivity (Wildman–Crippen MR) is 136 cm³/mol. The van der Waals surface area contributed by atoms with Gasteiger partial charge < -0.3 is 23.9 Å². The van der Waals surface area contributed by atoms with E-state index < -0.39 is 0 Å². The molecule has 0 aliphatic carbocycles. The summed E-state index contributed by atoms with van der Waals surface area (Å²) < 4.78 is 23.5. The molecule has 34 heavy (non-hydrogen) atoms. The number of para-hydroxylation sites is 1. The van der Waals surface area contributed by atoms with Crippen molar-refractivity contribution < 1.29 is 18.9 Å². The third-order valence-corrected chi connectivity index (χ3v) is 6.73. The smallest absolute Gasteiger partial charge is 0.162 e. The molecule has 0 spiro atoms. The van der Waals surface area contributed by atoms with Gasteiger partial charge in [0.05, 0.1) is 29.3 Å². The van der Waals surface area contributed by atoms with E-state index in [-0.39, 0.29) is 6.10 Å². The average Bonchev–Trinajstić information content (AvgIpc) is 3.24. The number of morpholine rings is 1. The highest BCUT2D eigenvalue weighted by atomic mass is 35.5. The molecule has 178 valence electrons. The summed E-state index contributed by atoms with van der Waals surface area (Å²) in [6.45, 7) is 4.00. The molecular weight excluding hydrogens is 475 g/mol. The van der Waals surface area contributed by atoms with Gasteiger partial charge in [0.1, 0.15) is 25.1 Å². The van der Waals surface area contributed by atoms with Gasteiger partial charge in [0, 0.05) is 48.1 Å². The fraction of sp³-hybridized carbons (Fsp3) is 0.308. The van der Waals surface area contributed by atoms with Gasteiger partial charge in [-0.15, -0.1) is 0 Å². The highest BCUT2D eigenvalue weighted by Crippen LogP contribution is 2.36. The van der Waals surface area contributed by atoms with Gasteiger partial charge in [0.25, 0.3) is 0 Å². The van der Waals surface area contributed by atoms with Gasteiger partial charge in [-0.1, -0.05) is 47.5 Å². The molecule has 0 radical (unpaired) electrons. The molecule has 1 unspecified atom stereocenters.